The van der Waals surface area contributed by atoms with Gasteiger partial charge in [-0.1, -0.05) is 172 Å². The molecule has 4 nitrogen and oxygen atoms in total. The second-order valence-corrected chi connectivity index (χ2v) is 18.6. The Morgan fingerprint density at radius 1 is 0.500 bits per heavy atom. The third-order valence-corrected chi connectivity index (χ3v) is 14.3. The summed E-state index contributed by atoms with van der Waals surface area (Å²) >= 11 is 0. The quantitative estimate of drug-likeness (QED) is 0.162. The lowest BCUT2D eigenvalue weighted by Gasteiger charge is -2.27. The summed E-state index contributed by atoms with van der Waals surface area (Å²) in [4.78, 5) is 13.2. The lowest BCUT2D eigenvalue weighted by Crippen LogP contribution is -2.18. The van der Waals surface area contributed by atoms with Gasteiger partial charge >= 0.3 is 0 Å². The molecule has 0 atom stereocenters. The zero-order valence-electron chi connectivity index (χ0n) is 38.0. The largest absolute Gasteiger partial charge is 0.337 e. The predicted octanol–water partition coefficient (Wildman–Crippen LogP) is 16.5. The topological polar surface area (TPSA) is 34.0 Å². The van der Waals surface area contributed by atoms with Gasteiger partial charge in [0, 0.05) is 61.9 Å². The summed E-state index contributed by atoms with van der Waals surface area (Å²) in [6.07, 6.45) is 8.50. The summed E-state index contributed by atoms with van der Waals surface area (Å²) in [6, 6.07) is 70.4. The zero-order chi connectivity index (χ0) is 45.5. The molecule has 0 radical (unpaired) electrons. The van der Waals surface area contributed by atoms with E-state index in [1.165, 1.54) is 38.4 Å². The third-order valence-electron chi connectivity index (χ3n) is 14.3. The van der Waals surface area contributed by atoms with Crippen LogP contribution in [0.3, 0.4) is 0 Å². The van der Waals surface area contributed by atoms with Crippen LogP contribution in [0.15, 0.2) is 225 Å². The van der Waals surface area contributed by atoms with Crippen LogP contribution in [-0.2, 0) is 5.41 Å². The fraction of sp³-hybridized carbons (Fsp3) is 0.0625. The Bertz CT molecular complexity index is 3940. The van der Waals surface area contributed by atoms with Crippen LogP contribution in [0.1, 0.15) is 30.5 Å². The molecule has 0 amide bonds. The van der Waals surface area contributed by atoms with Crippen LogP contribution in [0.5, 0.6) is 0 Å². The molecule has 2 aliphatic rings. The maximum Gasteiger partial charge on any atom is 0.160 e. The molecule has 0 bridgehead atoms. The minimum Gasteiger partial charge on any atom is -0.337 e. The van der Waals surface area contributed by atoms with Crippen molar-refractivity contribution in [1.82, 2.24) is 14.5 Å². The molecule has 4 heteroatoms. The zero-order valence-corrected chi connectivity index (χ0v) is 38.0. The number of hydrogen-bond acceptors (Lipinski definition) is 3. The molecule has 9 aromatic carbocycles. The first-order chi connectivity index (χ1) is 33.4. The minimum atomic E-state index is -0.0821. The summed E-state index contributed by atoms with van der Waals surface area (Å²) < 4.78 is 2.38. The summed E-state index contributed by atoms with van der Waals surface area (Å²) in [5.74, 6) is 0.696. The summed E-state index contributed by atoms with van der Waals surface area (Å²) in [5, 5.41) is 5.78. The molecular weight excluding hydrogens is 825 g/mol. The van der Waals surface area contributed by atoms with E-state index in [0.29, 0.717) is 5.82 Å². The summed E-state index contributed by atoms with van der Waals surface area (Å²) in [6.45, 7) is 9.95. The molecule has 2 aromatic heterocycles. The molecule has 11 aromatic rings. The van der Waals surface area contributed by atoms with Crippen LogP contribution in [0.2, 0.25) is 0 Å². The number of nitrogens with zero attached hydrogens (tertiary/aromatic N) is 4. The Labute approximate surface area is 396 Å². The van der Waals surface area contributed by atoms with Crippen LogP contribution in [-0.4, -0.2) is 21.1 Å². The SMILES string of the molecule is C=C1/C=C\C=C/CN(c2ccccc2)c2ccc(-c3ccc4c(c3)c3ccccc3n4-c3cccc(-c4nc(-c5ccc6c(c5)-c5ccccc5C6(C)C)c5c(ccc6ccccc65)n4)c3)cc21. The van der Waals surface area contributed by atoms with Gasteiger partial charge in [-0.25, -0.2) is 9.97 Å². The highest BCUT2D eigenvalue weighted by molar-refractivity contribution is 6.13. The first-order valence-corrected chi connectivity index (χ1v) is 23.5. The normalized spacial score (nSPS) is 14.9. The lowest BCUT2D eigenvalue weighted by atomic mass is 9.82. The van der Waals surface area contributed by atoms with Crippen LogP contribution >= 0.6 is 0 Å². The van der Waals surface area contributed by atoms with Crippen molar-refractivity contribution in [3.8, 4) is 50.6 Å². The fourth-order valence-electron chi connectivity index (χ4n) is 11.0. The van der Waals surface area contributed by atoms with Crippen LogP contribution < -0.4 is 4.90 Å². The van der Waals surface area contributed by atoms with Crippen molar-refractivity contribution in [3.05, 3.63) is 242 Å². The average molecular weight is 871 g/mol. The van der Waals surface area contributed by atoms with Gasteiger partial charge < -0.3 is 9.47 Å². The van der Waals surface area contributed by atoms with E-state index >= 15 is 0 Å². The number of hydrogen-bond donors (Lipinski definition) is 0. The van der Waals surface area contributed by atoms with Crippen molar-refractivity contribution in [2.75, 3.05) is 11.4 Å². The van der Waals surface area contributed by atoms with Crippen molar-refractivity contribution in [2.45, 2.75) is 19.3 Å². The van der Waals surface area contributed by atoms with E-state index in [1.54, 1.807) is 0 Å². The van der Waals surface area contributed by atoms with E-state index in [9.17, 15) is 0 Å². The molecule has 3 heterocycles. The smallest absolute Gasteiger partial charge is 0.160 e. The fourth-order valence-corrected chi connectivity index (χ4v) is 11.0. The van der Waals surface area contributed by atoms with Gasteiger partial charge in [0.2, 0.25) is 0 Å². The predicted molar refractivity (Wildman–Crippen MR) is 286 cm³/mol. The van der Waals surface area contributed by atoms with E-state index < -0.39 is 0 Å². The number of benzene rings is 9. The van der Waals surface area contributed by atoms with Gasteiger partial charge in [-0.3, -0.25) is 0 Å². The molecule has 0 fully saturated rings. The molecule has 0 saturated heterocycles. The van der Waals surface area contributed by atoms with E-state index in [2.05, 4.69) is 248 Å². The highest BCUT2D eigenvalue weighted by atomic mass is 15.1. The average Bonchev–Trinajstić information content (AvgIpc) is 3.86. The molecule has 1 aliphatic carbocycles. The molecule has 1 aliphatic heterocycles. The Balaban J connectivity index is 0.940. The molecule has 0 unspecified atom stereocenters. The Morgan fingerprint density at radius 2 is 1.22 bits per heavy atom. The van der Waals surface area contributed by atoms with E-state index in [4.69, 9.17) is 9.97 Å². The molecule has 13 rings (SSSR count). The van der Waals surface area contributed by atoms with Crippen LogP contribution in [0.4, 0.5) is 11.4 Å². The highest BCUT2D eigenvalue weighted by Gasteiger charge is 2.35. The van der Waals surface area contributed by atoms with E-state index in [0.717, 1.165) is 90.0 Å². The Hall–Kier alpha value is -8.60. The maximum absolute atomic E-state index is 5.54. The molecule has 0 spiro atoms. The monoisotopic (exact) mass is 870 g/mol. The number of allylic oxidation sites excluding steroid dienone is 4. The molecule has 322 valence electrons. The van der Waals surface area contributed by atoms with Crippen molar-refractivity contribution in [3.63, 3.8) is 0 Å². The van der Waals surface area contributed by atoms with Gasteiger partial charge in [-0.15, -0.1) is 0 Å². The summed E-state index contributed by atoms with van der Waals surface area (Å²) in [5.41, 5.74) is 19.1. The van der Waals surface area contributed by atoms with Crippen molar-refractivity contribution >= 4 is 60.4 Å². The molecular formula is C64H46N4. The Morgan fingerprint density at radius 3 is 2.13 bits per heavy atom. The number of fused-ring (bicyclic) bond motifs is 10. The van der Waals surface area contributed by atoms with E-state index in [1.807, 2.05) is 0 Å². The van der Waals surface area contributed by atoms with E-state index in [-0.39, 0.29) is 5.41 Å². The number of aromatic nitrogens is 3. The molecule has 68 heavy (non-hydrogen) atoms. The first-order valence-electron chi connectivity index (χ1n) is 23.5. The number of para-hydroxylation sites is 2. The van der Waals surface area contributed by atoms with Gasteiger partial charge in [0.1, 0.15) is 0 Å². The van der Waals surface area contributed by atoms with Gasteiger partial charge in [-0.05, 0) is 116 Å². The van der Waals surface area contributed by atoms with Gasteiger partial charge in [0.15, 0.2) is 5.82 Å². The maximum atomic E-state index is 5.54. The van der Waals surface area contributed by atoms with Gasteiger partial charge in [-0.2, -0.15) is 0 Å². The highest BCUT2D eigenvalue weighted by Crippen LogP contribution is 2.50. The van der Waals surface area contributed by atoms with Crippen LogP contribution in [0, 0.1) is 0 Å². The van der Waals surface area contributed by atoms with Gasteiger partial charge in [0.25, 0.3) is 0 Å². The second kappa shape index (κ2) is 15.5. The lowest BCUT2D eigenvalue weighted by molar-refractivity contribution is 0.660. The van der Waals surface area contributed by atoms with Crippen molar-refractivity contribution < 1.29 is 0 Å². The van der Waals surface area contributed by atoms with Gasteiger partial charge in [0.05, 0.1) is 22.2 Å². The minimum absolute atomic E-state index is 0.0821. The second-order valence-electron chi connectivity index (χ2n) is 18.6. The Kier molecular flexibility index (Phi) is 9.06. The third kappa shape index (κ3) is 6.29. The van der Waals surface area contributed by atoms with Crippen molar-refractivity contribution in [1.29, 1.82) is 0 Å². The van der Waals surface area contributed by atoms with Crippen LogP contribution in [0.25, 0.3) is 99.6 Å². The standard InChI is InChI=1S/C64H46N4/c1-41-17-6-5-15-36-67(47-20-7-4-8-21-47)58-34-30-43(38-52(41)58)44-31-35-60-54(39-44)51-25-12-14-27-59(51)68(60)48-22-16-19-46(37-48)63-65-57-33-29-42-18-9-10-23-49(42)61(57)62(66-63)45-28-32-56-53(40-45)50-24-11-13-26-55(50)64(56,2)3/h4-35,37-40H,1,36H2,2-3H3/b15-5-,17-6-. The first kappa shape index (κ1) is 39.7. The number of anilines is 2. The summed E-state index contributed by atoms with van der Waals surface area (Å²) in [7, 11) is 0. The van der Waals surface area contributed by atoms with Crippen molar-refractivity contribution in [2.24, 2.45) is 0 Å². The molecule has 0 saturated carbocycles. The number of rotatable bonds is 5. The molecule has 0 N–H and O–H groups in total.